The number of benzene rings is 8. The predicted molar refractivity (Wildman–Crippen MR) is 212 cm³/mol. The first-order valence-corrected chi connectivity index (χ1v) is 17.7. The highest BCUT2D eigenvalue weighted by molar-refractivity contribution is 7.26. The molecule has 3 aromatic heterocycles. The van der Waals surface area contributed by atoms with Crippen molar-refractivity contribution in [2.24, 2.45) is 0 Å². The molecular formula is C46H27N3S. The lowest BCUT2D eigenvalue weighted by Crippen LogP contribution is -2.02. The second kappa shape index (κ2) is 10.6. The van der Waals surface area contributed by atoms with Gasteiger partial charge in [0.25, 0.3) is 0 Å². The second-order valence-electron chi connectivity index (χ2n) is 12.9. The number of hydrogen-bond acceptors (Lipinski definition) is 3. The first-order chi connectivity index (χ1) is 24.8. The Labute approximate surface area is 291 Å². The van der Waals surface area contributed by atoms with Crippen LogP contribution in [0.3, 0.4) is 0 Å². The normalized spacial score (nSPS) is 12.0. The average Bonchev–Trinajstić information content (AvgIpc) is 3.75. The third-order valence-corrected chi connectivity index (χ3v) is 11.4. The fourth-order valence-electron chi connectivity index (χ4n) is 7.98. The second-order valence-corrected chi connectivity index (χ2v) is 14.0. The van der Waals surface area contributed by atoms with Crippen LogP contribution < -0.4 is 0 Å². The van der Waals surface area contributed by atoms with Crippen LogP contribution in [0.15, 0.2) is 164 Å². The van der Waals surface area contributed by atoms with E-state index in [1.807, 2.05) is 29.5 Å². The summed E-state index contributed by atoms with van der Waals surface area (Å²) in [5.41, 5.74) is 7.61. The lowest BCUT2D eigenvalue weighted by molar-refractivity contribution is 1.05. The molecule has 0 N–H and O–H groups in total. The van der Waals surface area contributed by atoms with E-state index in [0.29, 0.717) is 5.82 Å². The van der Waals surface area contributed by atoms with Crippen LogP contribution in [0.4, 0.5) is 0 Å². The van der Waals surface area contributed by atoms with Gasteiger partial charge < -0.3 is 0 Å². The summed E-state index contributed by atoms with van der Waals surface area (Å²) < 4.78 is 4.94. The van der Waals surface area contributed by atoms with Gasteiger partial charge >= 0.3 is 0 Å². The molecule has 3 heterocycles. The minimum atomic E-state index is 0.704. The molecule has 0 spiro atoms. The molecule has 232 valence electrons. The van der Waals surface area contributed by atoms with Crippen LogP contribution in [0.1, 0.15) is 0 Å². The van der Waals surface area contributed by atoms with Gasteiger partial charge in [0.2, 0.25) is 0 Å². The van der Waals surface area contributed by atoms with E-state index in [2.05, 4.69) is 150 Å². The van der Waals surface area contributed by atoms with Crippen molar-refractivity contribution in [1.29, 1.82) is 0 Å². The Bertz CT molecular complexity index is 3040. The standard InChI is InChI=1S/C46H27N3S/c1-2-12-28(13-3-1)46-47-38(27-42(48-46)49-39-21-8-6-18-34(39)35-19-7-9-22-40(35)49)30-15-10-14-29(26-30)31-24-25-37-33-17-5-4-16-32(33)36-20-11-23-41-43(36)44(37)45(31)50-41/h1-27H. The summed E-state index contributed by atoms with van der Waals surface area (Å²) in [4.78, 5) is 10.4. The van der Waals surface area contributed by atoms with E-state index >= 15 is 0 Å². The fourth-order valence-corrected chi connectivity index (χ4v) is 9.27. The van der Waals surface area contributed by atoms with E-state index < -0.39 is 0 Å². The van der Waals surface area contributed by atoms with Gasteiger partial charge in [-0.25, -0.2) is 9.97 Å². The molecule has 0 fully saturated rings. The topological polar surface area (TPSA) is 30.7 Å². The van der Waals surface area contributed by atoms with Crippen LogP contribution in [0.2, 0.25) is 0 Å². The highest BCUT2D eigenvalue weighted by Crippen LogP contribution is 2.48. The quantitative estimate of drug-likeness (QED) is 0.177. The highest BCUT2D eigenvalue weighted by atomic mass is 32.1. The smallest absolute Gasteiger partial charge is 0.162 e. The summed E-state index contributed by atoms with van der Waals surface area (Å²) in [6.07, 6.45) is 0. The maximum atomic E-state index is 5.21. The molecule has 50 heavy (non-hydrogen) atoms. The minimum Gasteiger partial charge on any atom is -0.294 e. The van der Waals surface area contributed by atoms with Gasteiger partial charge in [0.15, 0.2) is 5.82 Å². The van der Waals surface area contributed by atoms with E-state index in [-0.39, 0.29) is 0 Å². The molecule has 0 aliphatic heterocycles. The van der Waals surface area contributed by atoms with E-state index in [1.165, 1.54) is 63.6 Å². The van der Waals surface area contributed by atoms with Crippen LogP contribution in [-0.2, 0) is 0 Å². The molecule has 11 aromatic rings. The highest BCUT2D eigenvalue weighted by Gasteiger charge is 2.20. The first kappa shape index (κ1) is 27.6. The van der Waals surface area contributed by atoms with Crippen molar-refractivity contribution < 1.29 is 0 Å². The van der Waals surface area contributed by atoms with Crippen LogP contribution in [0.5, 0.6) is 0 Å². The van der Waals surface area contributed by atoms with Gasteiger partial charge in [-0.05, 0) is 56.9 Å². The third kappa shape index (κ3) is 3.97. The third-order valence-electron chi connectivity index (χ3n) is 10.2. The molecule has 0 bridgehead atoms. The molecule has 0 unspecified atom stereocenters. The molecular weight excluding hydrogens is 627 g/mol. The monoisotopic (exact) mass is 653 g/mol. The first-order valence-electron chi connectivity index (χ1n) is 16.9. The number of para-hydroxylation sites is 2. The molecule has 0 aliphatic carbocycles. The van der Waals surface area contributed by atoms with E-state index in [1.54, 1.807) is 0 Å². The van der Waals surface area contributed by atoms with Gasteiger partial charge in [-0.1, -0.05) is 133 Å². The molecule has 11 rings (SSSR count). The van der Waals surface area contributed by atoms with Gasteiger partial charge in [-0.2, -0.15) is 0 Å². The summed E-state index contributed by atoms with van der Waals surface area (Å²) in [7, 11) is 0. The van der Waals surface area contributed by atoms with Crippen LogP contribution in [0.25, 0.3) is 103 Å². The Balaban J connectivity index is 1.14. The predicted octanol–water partition coefficient (Wildman–Crippen LogP) is 12.7. The van der Waals surface area contributed by atoms with Gasteiger partial charge in [-0.15, -0.1) is 11.3 Å². The fraction of sp³-hybridized carbons (Fsp3) is 0. The van der Waals surface area contributed by atoms with Crippen molar-refractivity contribution >= 4 is 74.9 Å². The number of fused-ring (bicyclic) bond motifs is 6. The molecule has 0 saturated heterocycles. The Morgan fingerprint density at radius 1 is 0.420 bits per heavy atom. The summed E-state index contributed by atoms with van der Waals surface area (Å²) in [5.74, 6) is 1.55. The molecule has 0 amide bonds. The van der Waals surface area contributed by atoms with Gasteiger partial charge in [0.1, 0.15) is 5.82 Å². The maximum Gasteiger partial charge on any atom is 0.162 e. The Morgan fingerprint density at radius 2 is 1.02 bits per heavy atom. The number of hydrogen-bond donors (Lipinski definition) is 0. The van der Waals surface area contributed by atoms with Crippen molar-refractivity contribution in [2.75, 3.05) is 0 Å². The lowest BCUT2D eigenvalue weighted by atomic mass is 9.91. The number of thiophene rings is 1. The summed E-state index contributed by atoms with van der Waals surface area (Å²) in [6, 6.07) is 58.6. The number of nitrogens with zero attached hydrogens (tertiary/aromatic N) is 3. The summed E-state index contributed by atoms with van der Waals surface area (Å²) >= 11 is 1.90. The molecule has 8 aromatic carbocycles. The van der Waals surface area contributed by atoms with Crippen molar-refractivity contribution in [2.45, 2.75) is 0 Å². The number of rotatable bonds is 4. The van der Waals surface area contributed by atoms with Crippen molar-refractivity contribution in [3.8, 4) is 39.6 Å². The summed E-state index contributed by atoms with van der Waals surface area (Å²) in [5, 5.41) is 10.4. The van der Waals surface area contributed by atoms with E-state index in [9.17, 15) is 0 Å². The Kier molecular flexibility index (Phi) is 5.83. The van der Waals surface area contributed by atoms with Crippen molar-refractivity contribution in [3.05, 3.63) is 164 Å². The van der Waals surface area contributed by atoms with Crippen LogP contribution >= 0.6 is 11.3 Å². The molecule has 0 saturated carbocycles. The lowest BCUT2D eigenvalue weighted by Gasteiger charge is -2.13. The maximum absolute atomic E-state index is 5.21. The van der Waals surface area contributed by atoms with E-state index in [0.717, 1.165) is 33.7 Å². The SMILES string of the molecule is c1ccc(-c2nc(-c3cccc(-c4ccc5c6ccccc6c6cccc7sc4c5c76)c3)cc(-n3c4ccccc4c4ccccc43)n2)cc1. The molecule has 0 atom stereocenters. The summed E-state index contributed by atoms with van der Waals surface area (Å²) in [6.45, 7) is 0. The zero-order chi connectivity index (χ0) is 32.8. The van der Waals surface area contributed by atoms with E-state index in [4.69, 9.17) is 9.97 Å². The molecule has 3 nitrogen and oxygen atoms in total. The minimum absolute atomic E-state index is 0.704. The molecule has 4 heteroatoms. The number of aromatic nitrogens is 3. The van der Waals surface area contributed by atoms with Gasteiger partial charge in [0, 0.05) is 48.1 Å². The van der Waals surface area contributed by atoms with Crippen LogP contribution in [-0.4, -0.2) is 14.5 Å². The Hall–Kier alpha value is -6.36. The zero-order valence-corrected chi connectivity index (χ0v) is 27.7. The van der Waals surface area contributed by atoms with Crippen molar-refractivity contribution in [1.82, 2.24) is 14.5 Å². The van der Waals surface area contributed by atoms with Crippen LogP contribution in [0, 0.1) is 0 Å². The zero-order valence-electron chi connectivity index (χ0n) is 26.8. The molecule has 0 aliphatic rings. The van der Waals surface area contributed by atoms with Crippen molar-refractivity contribution in [3.63, 3.8) is 0 Å². The van der Waals surface area contributed by atoms with Gasteiger partial charge in [0.05, 0.1) is 16.7 Å². The van der Waals surface area contributed by atoms with Gasteiger partial charge in [-0.3, -0.25) is 4.57 Å². The average molecular weight is 654 g/mol. The largest absolute Gasteiger partial charge is 0.294 e. The Morgan fingerprint density at radius 3 is 1.78 bits per heavy atom. The molecule has 0 radical (unpaired) electrons.